The average Bonchev–Trinajstić information content (AvgIpc) is 3.21. The molecule has 0 spiro atoms. The quantitative estimate of drug-likeness (QED) is 0.421. The number of carbonyl (C=O) groups excluding carboxylic acids is 3. The second-order valence-corrected chi connectivity index (χ2v) is 8.19. The molecule has 32 heavy (non-hydrogen) atoms. The van der Waals surface area contributed by atoms with Crippen LogP contribution in [-0.4, -0.2) is 34.7 Å². The summed E-state index contributed by atoms with van der Waals surface area (Å²) in [5.41, 5.74) is 7.19. The van der Waals surface area contributed by atoms with E-state index in [0.29, 0.717) is 23.4 Å². The van der Waals surface area contributed by atoms with Crippen LogP contribution in [0.2, 0.25) is 0 Å². The molecular weight excluding hydrogens is 408 g/mol. The molecule has 0 aliphatic carbocycles. The van der Waals surface area contributed by atoms with Gasteiger partial charge in [-0.15, -0.1) is 0 Å². The van der Waals surface area contributed by atoms with Crippen molar-refractivity contribution in [3.63, 3.8) is 0 Å². The van der Waals surface area contributed by atoms with Crippen molar-refractivity contribution in [3.8, 4) is 5.75 Å². The van der Waals surface area contributed by atoms with Crippen LogP contribution in [0.25, 0.3) is 10.9 Å². The number of primary amides is 1. The van der Waals surface area contributed by atoms with Crippen LogP contribution >= 0.6 is 0 Å². The number of H-pyrrole nitrogens is 1. The maximum absolute atomic E-state index is 13.1. The van der Waals surface area contributed by atoms with E-state index in [1.54, 1.807) is 31.5 Å². The number of ether oxygens (including phenoxy) is 1. The molecule has 2 heterocycles. The number of rotatable bonds is 10. The van der Waals surface area contributed by atoms with E-state index >= 15 is 0 Å². The summed E-state index contributed by atoms with van der Waals surface area (Å²) in [7, 11) is 1.57. The summed E-state index contributed by atoms with van der Waals surface area (Å²) in [4.78, 5) is 45.2. The lowest BCUT2D eigenvalue weighted by atomic mass is 9.90. The summed E-state index contributed by atoms with van der Waals surface area (Å²) < 4.78 is 5.36. The van der Waals surface area contributed by atoms with Gasteiger partial charge in [0, 0.05) is 41.2 Å². The first-order valence-electron chi connectivity index (χ1n) is 10.5. The van der Waals surface area contributed by atoms with Crippen LogP contribution < -0.4 is 15.8 Å². The van der Waals surface area contributed by atoms with Gasteiger partial charge in [-0.25, -0.2) is 0 Å². The maximum Gasteiger partial charge on any atom is 0.244 e. The number of Topliss-reactive ketones (excluding diaryl/α,β-unsaturated/α-hetero) is 1. The predicted molar refractivity (Wildman–Crippen MR) is 121 cm³/mol. The molecule has 2 atom stereocenters. The molecular formula is C24H28N4O4. The standard InChI is InChI=1S/C24H28N4O4/c1-14(2)10-16(24(31)28-22(23(25)30)15-6-5-9-26-13-15)11-20(29)19-12-17-18(27-19)7-4-8-21(17)32-3/h4-9,12-14,16,22,27H,10-11H2,1-3H3,(H2,25,30)(H,28,31)/t16-,22?/m1/s1. The van der Waals surface area contributed by atoms with Gasteiger partial charge in [0.15, 0.2) is 5.78 Å². The molecule has 2 aromatic heterocycles. The van der Waals surface area contributed by atoms with E-state index in [9.17, 15) is 14.4 Å². The van der Waals surface area contributed by atoms with Crippen LogP contribution in [0.1, 0.15) is 48.8 Å². The maximum atomic E-state index is 13.1. The largest absolute Gasteiger partial charge is 0.496 e. The molecule has 0 saturated heterocycles. The van der Waals surface area contributed by atoms with Crippen LogP contribution in [0.15, 0.2) is 48.8 Å². The molecule has 2 amide bonds. The molecule has 1 aromatic carbocycles. The first kappa shape index (κ1) is 23.0. The predicted octanol–water partition coefficient (Wildman–Crippen LogP) is 3.15. The number of hydrogen-bond acceptors (Lipinski definition) is 5. The molecule has 0 aliphatic rings. The molecule has 0 radical (unpaired) electrons. The Balaban J connectivity index is 1.80. The van der Waals surface area contributed by atoms with Gasteiger partial charge >= 0.3 is 0 Å². The molecule has 1 unspecified atom stereocenters. The number of amides is 2. The Bertz CT molecular complexity index is 1110. The van der Waals surface area contributed by atoms with E-state index in [4.69, 9.17) is 10.5 Å². The highest BCUT2D eigenvalue weighted by molar-refractivity contribution is 6.02. The van der Waals surface area contributed by atoms with E-state index in [2.05, 4.69) is 15.3 Å². The Morgan fingerprint density at radius 3 is 2.59 bits per heavy atom. The normalized spacial score (nSPS) is 13.0. The van der Waals surface area contributed by atoms with Gasteiger partial charge in [0.2, 0.25) is 11.8 Å². The second-order valence-electron chi connectivity index (χ2n) is 8.19. The highest BCUT2D eigenvalue weighted by Crippen LogP contribution is 2.28. The molecule has 0 fully saturated rings. The summed E-state index contributed by atoms with van der Waals surface area (Å²) in [5, 5.41) is 3.50. The van der Waals surface area contributed by atoms with E-state index in [-0.39, 0.29) is 18.1 Å². The van der Waals surface area contributed by atoms with E-state index in [1.807, 2.05) is 32.0 Å². The number of carbonyl (C=O) groups is 3. The summed E-state index contributed by atoms with van der Waals surface area (Å²) in [6, 6.07) is 9.57. The Labute approximate surface area is 186 Å². The van der Waals surface area contributed by atoms with Crippen molar-refractivity contribution in [3.05, 3.63) is 60.0 Å². The Kier molecular flexibility index (Phi) is 7.25. The minimum Gasteiger partial charge on any atom is -0.496 e. The third kappa shape index (κ3) is 5.32. The van der Waals surface area contributed by atoms with Crippen LogP contribution in [0, 0.1) is 11.8 Å². The number of methoxy groups -OCH3 is 1. The third-order valence-corrected chi connectivity index (χ3v) is 5.29. The molecule has 0 bridgehead atoms. The number of benzene rings is 1. The third-order valence-electron chi connectivity index (χ3n) is 5.29. The number of ketones is 1. The minimum absolute atomic E-state index is 0.00231. The fraction of sp³-hybridized carbons (Fsp3) is 0.333. The summed E-state index contributed by atoms with van der Waals surface area (Å²) >= 11 is 0. The number of aromatic amines is 1. The number of hydrogen-bond donors (Lipinski definition) is 3. The molecule has 8 nitrogen and oxygen atoms in total. The van der Waals surface area contributed by atoms with Crippen molar-refractivity contribution in [2.75, 3.05) is 7.11 Å². The van der Waals surface area contributed by atoms with Gasteiger partial charge < -0.3 is 20.8 Å². The van der Waals surface area contributed by atoms with Gasteiger partial charge in [-0.05, 0) is 36.6 Å². The highest BCUT2D eigenvalue weighted by Gasteiger charge is 2.28. The van der Waals surface area contributed by atoms with Crippen LogP contribution in [0.5, 0.6) is 5.75 Å². The number of nitrogens with two attached hydrogens (primary N) is 1. The van der Waals surface area contributed by atoms with Gasteiger partial charge in [0.05, 0.1) is 12.8 Å². The number of fused-ring (bicyclic) bond motifs is 1. The zero-order chi connectivity index (χ0) is 23.3. The lowest BCUT2D eigenvalue weighted by molar-refractivity contribution is -0.130. The minimum atomic E-state index is -1.02. The molecule has 3 rings (SSSR count). The summed E-state index contributed by atoms with van der Waals surface area (Å²) in [6.45, 7) is 3.95. The number of nitrogens with one attached hydrogen (secondary N) is 2. The van der Waals surface area contributed by atoms with Crippen LogP contribution in [0.4, 0.5) is 0 Å². The zero-order valence-corrected chi connectivity index (χ0v) is 18.4. The Hall–Kier alpha value is -3.68. The van der Waals surface area contributed by atoms with Crippen LogP contribution in [-0.2, 0) is 9.59 Å². The molecule has 0 aliphatic heterocycles. The SMILES string of the molecule is COc1cccc2[nH]c(C(=O)C[C@@H](CC(C)C)C(=O)NC(C(N)=O)c3cccnc3)cc12. The van der Waals surface area contributed by atoms with Crippen molar-refractivity contribution < 1.29 is 19.1 Å². The molecule has 8 heteroatoms. The highest BCUT2D eigenvalue weighted by atomic mass is 16.5. The smallest absolute Gasteiger partial charge is 0.244 e. The first-order valence-corrected chi connectivity index (χ1v) is 10.5. The van der Waals surface area contributed by atoms with Gasteiger partial charge in [0.1, 0.15) is 11.8 Å². The topological polar surface area (TPSA) is 127 Å². The molecule has 0 saturated carbocycles. The van der Waals surface area contributed by atoms with Gasteiger partial charge in [-0.2, -0.15) is 0 Å². The summed E-state index contributed by atoms with van der Waals surface area (Å²) in [5.74, 6) is -1.06. The summed E-state index contributed by atoms with van der Waals surface area (Å²) in [6.07, 6.45) is 3.53. The Morgan fingerprint density at radius 2 is 1.97 bits per heavy atom. The fourth-order valence-corrected chi connectivity index (χ4v) is 3.77. The fourth-order valence-electron chi connectivity index (χ4n) is 3.77. The van der Waals surface area contributed by atoms with E-state index in [1.165, 1.54) is 6.20 Å². The Morgan fingerprint density at radius 1 is 1.19 bits per heavy atom. The van der Waals surface area contributed by atoms with Crippen molar-refractivity contribution in [1.29, 1.82) is 0 Å². The first-order chi connectivity index (χ1) is 15.3. The monoisotopic (exact) mass is 436 g/mol. The van der Waals surface area contributed by atoms with Gasteiger partial charge in [-0.1, -0.05) is 26.0 Å². The number of aromatic nitrogens is 2. The van der Waals surface area contributed by atoms with Gasteiger partial charge in [-0.3, -0.25) is 19.4 Å². The van der Waals surface area contributed by atoms with E-state index < -0.39 is 23.8 Å². The van der Waals surface area contributed by atoms with E-state index in [0.717, 1.165) is 10.9 Å². The number of pyridine rings is 1. The second kappa shape index (κ2) is 10.1. The van der Waals surface area contributed by atoms with Gasteiger partial charge in [0.25, 0.3) is 0 Å². The zero-order valence-electron chi connectivity index (χ0n) is 18.4. The van der Waals surface area contributed by atoms with Crippen LogP contribution in [0.3, 0.4) is 0 Å². The van der Waals surface area contributed by atoms with Crippen molar-refractivity contribution >= 4 is 28.5 Å². The van der Waals surface area contributed by atoms with Crippen molar-refractivity contribution in [2.45, 2.75) is 32.7 Å². The molecule has 168 valence electrons. The lowest BCUT2D eigenvalue weighted by Crippen LogP contribution is -2.41. The van der Waals surface area contributed by atoms with Crippen molar-refractivity contribution in [2.24, 2.45) is 17.6 Å². The number of nitrogens with zero attached hydrogens (tertiary/aromatic N) is 1. The lowest BCUT2D eigenvalue weighted by Gasteiger charge is -2.22. The molecule has 4 N–H and O–H groups in total. The molecule has 3 aromatic rings. The average molecular weight is 437 g/mol. The van der Waals surface area contributed by atoms with Crippen molar-refractivity contribution in [1.82, 2.24) is 15.3 Å².